The number of benzene rings is 1. The van der Waals surface area contributed by atoms with Gasteiger partial charge in [0.25, 0.3) is 0 Å². The first kappa shape index (κ1) is 8.66. The summed E-state index contributed by atoms with van der Waals surface area (Å²) in [6.45, 7) is 0. The Labute approximate surface area is 82.7 Å². The van der Waals surface area contributed by atoms with Crippen molar-refractivity contribution in [2.45, 2.75) is 0 Å². The number of rotatable bonds is 1. The second-order valence-electron chi connectivity index (χ2n) is 2.58. The Morgan fingerprint density at radius 1 is 1.38 bits per heavy atom. The van der Waals surface area contributed by atoms with Crippen molar-refractivity contribution >= 4 is 39.3 Å². The Kier molecular flexibility index (Phi) is 2.06. The molecule has 0 bridgehead atoms. The third-order valence-electron chi connectivity index (χ3n) is 1.73. The molecule has 0 fully saturated rings. The van der Waals surface area contributed by atoms with Gasteiger partial charge in [0.2, 0.25) is 0 Å². The second-order valence-corrected chi connectivity index (χ2v) is 4.29. The molecule has 1 aromatic carbocycles. The molecule has 1 aromatic heterocycles. The molecular weight excluding hydrogens is 211 g/mol. The quantitative estimate of drug-likeness (QED) is 0.664. The van der Waals surface area contributed by atoms with Crippen molar-refractivity contribution in [3.05, 3.63) is 33.9 Å². The summed E-state index contributed by atoms with van der Waals surface area (Å²) in [6, 6.07) is 4.55. The van der Waals surface area contributed by atoms with E-state index in [1.54, 1.807) is 6.07 Å². The highest BCUT2D eigenvalue weighted by atomic mass is 35.5. The lowest BCUT2D eigenvalue weighted by Gasteiger charge is -1.93. The molecule has 0 unspecified atom stereocenters. The van der Waals surface area contributed by atoms with Crippen molar-refractivity contribution in [3.63, 3.8) is 0 Å². The molecule has 4 heteroatoms. The van der Waals surface area contributed by atoms with Gasteiger partial charge in [0, 0.05) is 4.70 Å². The lowest BCUT2D eigenvalue weighted by atomic mass is 10.2. The van der Waals surface area contributed by atoms with Gasteiger partial charge in [-0.1, -0.05) is 11.6 Å². The third-order valence-corrected chi connectivity index (χ3v) is 2.96. The highest BCUT2D eigenvalue weighted by Crippen LogP contribution is 2.30. The molecule has 0 aliphatic heterocycles. The lowest BCUT2D eigenvalue weighted by Crippen LogP contribution is -1.85. The number of hydrogen-bond acceptors (Lipinski definition) is 2. The van der Waals surface area contributed by atoms with E-state index in [0.717, 1.165) is 10.1 Å². The number of carbonyl (C=O) groups is 1. The normalized spacial score (nSPS) is 10.6. The average molecular weight is 215 g/mol. The third kappa shape index (κ3) is 1.45. The SMILES string of the molecule is O=Cc1cc2cc(Cl)sc2cc1F. The molecule has 1 heterocycles. The Hall–Kier alpha value is -0.930. The van der Waals surface area contributed by atoms with E-state index < -0.39 is 5.82 Å². The zero-order chi connectivity index (χ0) is 9.42. The van der Waals surface area contributed by atoms with Crippen LogP contribution in [0, 0.1) is 5.82 Å². The van der Waals surface area contributed by atoms with E-state index in [1.807, 2.05) is 0 Å². The molecule has 0 aliphatic carbocycles. The maximum Gasteiger partial charge on any atom is 0.153 e. The van der Waals surface area contributed by atoms with Gasteiger partial charge in [0.05, 0.1) is 9.90 Å². The largest absolute Gasteiger partial charge is 0.298 e. The van der Waals surface area contributed by atoms with Crippen molar-refractivity contribution < 1.29 is 9.18 Å². The molecule has 0 N–H and O–H groups in total. The summed E-state index contributed by atoms with van der Waals surface area (Å²) >= 11 is 7.03. The van der Waals surface area contributed by atoms with Gasteiger partial charge < -0.3 is 0 Å². The van der Waals surface area contributed by atoms with Crippen LogP contribution in [0.25, 0.3) is 10.1 Å². The predicted molar refractivity (Wildman–Crippen MR) is 52.2 cm³/mol. The fourth-order valence-corrected chi connectivity index (χ4v) is 2.30. The first-order chi connectivity index (χ1) is 6.20. The summed E-state index contributed by atoms with van der Waals surface area (Å²) in [5.41, 5.74) is 0.0713. The van der Waals surface area contributed by atoms with Crippen molar-refractivity contribution in [2.75, 3.05) is 0 Å². The van der Waals surface area contributed by atoms with Crippen molar-refractivity contribution in [3.8, 4) is 0 Å². The first-order valence-electron chi connectivity index (χ1n) is 3.54. The van der Waals surface area contributed by atoms with E-state index in [1.165, 1.54) is 23.5 Å². The molecule has 0 spiro atoms. The molecule has 0 saturated carbocycles. The van der Waals surface area contributed by atoms with E-state index in [2.05, 4.69) is 0 Å². The molecule has 0 amide bonds. The topological polar surface area (TPSA) is 17.1 Å². The molecule has 2 rings (SSSR count). The van der Waals surface area contributed by atoms with Gasteiger partial charge in [-0.15, -0.1) is 11.3 Å². The summed E-state index contributed by atoms with van der Waals surface area (Å²) < 4.78 is 14.4. The molecule has 13 heavy (non-hydrogen) atoms. The monoisotopic (exact) mass is 214 g/mol. The minimum absolute atomic E-state index is 0.0713. The summed E-state index contributed by atoms with van der Waals surface area (Å²) in [4.78, 5) is 10.4. The van der Waals surface area contributed by atoms with Crippen LogP contribution in [-0.4, -0.2) is 6.29 Å². The molecular formula is C9H4ClFOS. The van der Waals surface area contributed by atoms with E-state index in [0.29, 0.717) is 10.6 Å². The van der Waals surface area contributed by atoms with Crippen LogP contribution in [0.2, 0.25) is 4.34 Å². The van der Waals surface area contributed by atoms with Gasteiger partial charge in [-0.05, 0) is 23.6 Å². The van der Waals surface area contributed by atoms with E-state index in [4.69, 9.17) is 11.6 Å². The molecule has 66 valence electrons. The predicted octanol–water partition coefficient (Wildman–Crippen LogP) is 3.51. The van der Waals surface area contributed by atoms with Crippen molar-refractivity contribution in [1.82, 2.24) is 0 Å². The van der Waals surface area contributed by atoms with E-state index in [9.17, 15) is 9.18 Å². The van der Waals surface area contributed by atoms with E-state index >= 15 is 0 Å². The number of hydrogen-bond donors (Lipinski definition) is 0. The smallest absolute Gasteiger partial charge is 0.153 e. The summed E-state index contributed by atoms with van der Waals surface area (Å²) in [6.07, 6.45) is 0.500. The second kappa shape index (κ2) is 3.09. The minimum atomic E-state index is -0.499. The number of halogens is 2. The minimum Gasteiger partial charge on any atom is -0.298 e. The molecule has 0 radical (unpaired) electrons. The molecule has 0 saturated heterocycles. The summed E-state index contributed by atoms with van der Waals surface area (Å²) in [5, 5.41) is 0.804. The number of fused-ring (bicyclic) bond motifs is 1. The Bertz CT molecular complexity index is 478. The van der Waals surface area contributed by atoms with Crippen LogP contribution in [0.15, 0.2) is 18.2 Å². The number of thiophene rings is 1. The van der Waals surface area contributed by atoms with Gasteiger partial charge in [-0.2, -0.15) is 0 Å². The van der Waals surface area contributed by atoms with Crippen molar-refractivity contribution in [1.29, 1.82) is 0 Å². The van der Waals surface area contributed by atoms with Crippen molar-refractivity contribution in [2.24, 2.45) is 0 Å². The highest BCUT2D eigenvalue weighted by molar-refractivity contribution is 7.22. The molecule has 0 atom stereocenters. The maximum absolute atomic E-state index is 13.1. The van der Waals surface area contributed by atoms with Crippen LogP contribution >= 0.6 is 22.9 Å². The van der Waals surface area contributed by atoms with Gasteiger partial charge in [-0.25, -0.2) is 4.39 Å². The van der Waals surface area contributed by atoms with Crippen LogP contribution < -0.4 is 0 Å². The Morgan fingerprint density at radius 2 is 2.15 bits per heavy atom. The highest BCUT2D eigenvalue weighted by Gasteiger charge is 2.06. The molecule has 2 aromatic rings. The number of carbonyl (C=O) groups excluding carboxylic acids is 1. The summed E-state index contributed by atoms with van der Waals surface area (Å²) in [5.74, 6) is -0.499. The van der Waals surface area contributed by atoms with E-state index in [-0.39, 0.29) is 5.56 Å². The Morgan fingerprint density at radius 3 is 2.85 bits per heavy atom. The zero-order valence-corrected chi connectivity index (χ0v) is 7.95. The first-order valence-corrected chi connectivity index (χ1v) is 4.74. The Balaban J connectivity index is 2.79. The maximum atomic E-state index is 13.1. The lowest BCUT2D eigenvalue weighted by molar-refractivity contribution is 0.112. The van der Waals surface area contributed by atoms with Crippen LogP contribution in [0.5, 0.6) is 0 Å². The van der Waals surface area contributed by atoms with Gasteiger partial charge in [0.15, 0.2) is 6.29 Å². The fourth-order valence-electron chi connectivity index (χ4n) is 1.14. The van der Waals surface area contributed by atoms with Crippen LogP contribution in [-0.2, 0) is 0 Å². The van der Waals surface area contributed by atoms with Crippen LogP contribution in [0.1, 0.15) is 10.4 Å². The zero-order valence-electron chi connectivity index (χ0n) is 6.38. The summed E-state index contributed by atoms with van der Waals surface area (Å²) in [7, 11) is 0. The van der Waals surface area contributed by atoms with Gasteiger partial charge in [0.1, 0.15) is 5.82 Å². The van der Waals surface area contributed by atoms with Crippen LogP contribution in [0.3, 0.4) is 0 Å². The standard InChI is InChI=1S/C9H4ClFOS/c10-9-2-5-1-6(4-12)7(11)3-8(5)13-9/h1-4H. The molecule has 0 aliphatic rings. The van der Waals surface area contributed by atoms with Crippen LogP contribution in [0.4, 0.5) is 4.39 Å². The number of aldehydes is 1. The fraction of sp³-hybridized carbons (Fsp3) is 0. The average Bonchev–Trinajstić information content (AvgIpc) is 2.42. The van der Waals surface area contributed by atoms with Gasteiger partial charge >= 0.3 is 0 Å². The van der Waals surface area contributed by atoms with Gasteiger partial charge in [-0.3, -0.25) is 4.79 Å². The molecule has 1 nitrogen and oxygen atoms in total.